The molecule has 18 heavy (non-hydrogen) atoms. The lowest BCUT2D eigenvalue weighted by Crippen LogP contribution is -2.29. The van der Waals surface area contributed by atoms with Crippen LogP contribution in [0, 0.1) is 5.92 Å². The zero-order chi connectivity index (χ0) is 13.5. The molecule has 0 fully saturated rings. The molecule has 1 N–H and O–H groups in total. The smallest absolute Gasteiger partial charge is 0.323 e. The van der Waals surface area contributed by atoms with Gasteiger partial charge < -0.3 is 10.0 Å². The van der Waals surface area contributed by atoms with Crippen LogP contribution >= 0.6 is 0 Å². The molecule has 0 aliphatic heterocycles. The molecule has 0 saturated carbocycles. The molecule has 1 aromatic carbocycles. The second-order valence-corrected chi connectivity index (χ2v) is 4.69. The fourth-order valence-corrected chi connectivity index (χ4v) is 1.77. The van der Waals surface area contributed by atoms with E-state index >= 15 is 0 Å². The van der Waals surface area contributed by atoms with Gasteiger partial charge in [-0.1, -0.05) is 32.0 Å². The van der Waals surface area contributed by atoms with E-state index in [-0.39, 0.29) is 6.54 Å². The number of hydrogen-bond donors (Lipinski definition) is 1. The maximum absolute atomic E-state index is 11.0. The van der Waals surface area contributed by atoms with E-state index in [1.54, 1.807) is 6.07 Å². The summed E-state index contributed by atoms with van der Waals surface area (Å²) in [7, 11) is 0. The molecule has 4 heteroatoms. The SMILES string of the molecule is CC(C)CCc1ccccc1N(C=O)CC(=O)O. The third-order valence-electron chi connectivity index (χ3n) is 2.72. The van der Waals surface area contributed by atoms with Gasteiger partial charge in [-0.15, -0.1) is 0 Å². The first-order valence-corrected chi connectivity index (χ1v) is 6.06. The van der Waals surface area contributed by atoms with E-state index in [1.165, 1.54) is 4.90 Å². The maximum Gasteiger partial charge on any atom is 0.323 e. The molecule has 1 amide bonds. The van der Waals surface area contributed by atoms with E-state index in [9.17, 15) is 9.59 Å². The molecular formula is C14H19NO3. The Hall–Kier alpha value is -1.84. The first kappa shape index (κ1) is 14.2. The van der Waals surface area contributed by atoms with Gasteiger partial charge in [0.15, 0.2) is 0 Å². The Bertz CT molecular complexity index is 415. The van der Waals surface area contributed by atoms with Gasteiger partial charge >= 0.3 is 5.97 Å². The first-order valence-electron chi connectivity index (χ1n) is 6.06. The molecule has 98 valence electrons. The standard InChI is InChI=1S/C14H19NO3/c1-11(2)7-8-12-5-3-4-6-13(12)15(10-16)9-14(17)18/h3-6,10-11H,7-9H2,1-2H3,(H,17,18). The minimum atomic E-state index is -1.01. The summed E-state index contributed by atoms with van der Waals surface area (Å²) in [6.45, 7) is 3.97. The van der Waals surface area contributed by atoms with Gasteiger partial charge in [0.25, 0.3) is 0 Å². The number of aliphatic carboxylic acids is 1. The summed E-state index contributed by atoms with van der Waals surface area (Å²) in [6, 6.07) is 7.44. The van der Waals surface area contributed by atoms with Crippen LogP contribution in [0.3, 0.4) is 0 Å². The lowest BCUT2D eigenvalue weighted by Gasteiger charge is -2.19. The normalized spacial score (nSPS) is 10.4. The predicted molar refractivity (Wildman–Crippen MR) is 70.6 cm³/mol. The van der Waals surface area contributed by atoms with Crippen LogP contribution in [0.5, 0.6) is 0 Å². The van der Waals surface area contributed by atoms with Crippen molar-refractivity contribution < 1.29 is 14.7 Å². The second-order valence-electron chi connectivity index (χ2n) is 4.69. The Labute approximate surface area is 107 Å². The fourth-order valence-electron chi connectivity index (χ4n) is 1.77. The van der Waals surface area contributed by atoms with E-state index in [0.717, 1.165) is 18.4 Å². The van der Waals surface area contributed by atoms with Gasteiger partial charge in [0, 0.05) is 5.69 Å². The van der Waals surface area contributed by atoms with Crippen LogP contribution in [0.15, 0.2) is 24.3 Å². The molecule has 0 saturated heterocycles. The number of benzene rings is 1. The Morgan fingerprint density at radius 3 is 2.61 bits per heavy atom. The second kappa shape index (κ2) is 6.79. The zero-order valence-electron chi connectivity index (χ0n) is 10.8. The summed E-state index contributed by atoms with van der Waals surface area (Å²) < 4.78 is 0. The summed E-state index contributed by atoms with van der Waals surface area (Å²) in [5, 5.41) is 8.78. The summed E-state index contributed by atoms with van der Waals surface area (Å²) in [6.07, 6.45) is 2.43. The molecule has 1 aromatic rings. The summed E-state index contributed by atoms with van der Waals surface area (Å²) in [5.41, 5.74) is 1.70. The summed E-state index contributed by atoms with van der Waals surface area (Å²) in [5.74, 6) is -0.442. The molecule has 1 rings (SSSR count). The molecule has 4 nitrogen and oxygen atoms in total. The van der Waals surface area contributed by atoms with Gasteiger partial charge in [-0.2, -0.15) is 0 Å². The van der Waals surface area contributed by atoms with Gasteiger partial charge in [-0.3, -0.25) is 9.59 Å². The largest absolute Gasteiger partial charge is 0.480 e. The van der Waals surface area contributed by atoms with Crippen LogP contribution in [0.2, 0.25) is 0 Å². The Kier molecular flexibility index (Phi) is 5.36. The molecule has 0 unspecified atom stereocenters. The van der Waals surface area contributed by atoms with Crippen LogP contribution < -0.4 is 4.90 Å². The summed E-state index contributed by atoms with van der Waals surface area (Å²) in [4.78, 5) is 22.9. The zero-order valence-corrected chi connectivity index (χ0v) is 10.8. The maximum atomic E-state index is 11.0. The average Bonchev–Trinajstić information content (AvgIpc) is 2.33. The van der Waals surface area contributed by atoms with Crippen molar-refractivity contribution in [3.8, 4) is 0 Å². The number of aryl methyl sites for hydroxylation is 1. The molecular weight excluding hydrogens is 230 g/mol. The van der Waals surface area contributed by atoms with Crippen molar-refractivity contribution >= 4 is 18.1 Å². The van der Waals surface area contributed by atoms with Crippen molar-refractivity contribution in [3.05, 3.63) is 29.8 Å². The van der Waals surface area contributed by atoms with Crippen LogP contribution in [-0.2, 0) is 16.0 Å². The van der Waals surface area contributed by atoms with E-state index in [1.807, 2.05) is 18.2 Å². The highest BCUT2D eigenvalue weighted by atomic mass is 16.4. The third kappa shape index (κ3) is 4.20. The minimum absolute atomic E-state index is 0.303. The van der Waals surface area contributed by atoms with Crippen LogP contribution in [0.4, 0.5) is 5.69 Å². The van der Waals surface area contributed by atoms with Gasteiger partial charge in [-0.25, -0.2) is 0 Å². The lowest BCUT2D eigenvalue weighted by molar-refractivity contribution is -0.136. The molecule has 0 spiro atoms. The Morgan fingerprint density at radius 1 is 1.39 bits per heavy atom. The van der Waals surface area contributed by atoms with E-state index in [4.69, 9.17) is 5.11 Å². The number of anilines is 1. The summed E-state index contributed by atoms with van der Waals surface area (Å²) >= 11 is 0. The van der Waals surface area contributed by atoms with Crippen molar-refractivity contribution in [2.75, 3.05) is 11.4 Å². The van der Waals surface area contributed by atoms with Crippen molar-refractivity contribution in [1.29, 1.82) is 0 Å². The first-order chi connectivity index (χ1) is 8.54. The molecule has 0 aliphatic rings. The van der Waals surface area contributed by atoms with Gasteiger partial charge in [-0.05, 0) is 30.4 Å². The van der Waals surface area contributed by atoms with E-state index in [2.05, 4.69) is 13.8 Å². The lowest BCUT2D eigenvalue weighted by atomic mass is 10.0. The highest BCUT2D eigenvalue weighted by Gasteiger charge is 2.13. The van der Waals surface area contributed by atoms with Crippen LogP contribution in [-0.4, -0.2) is 24.0 Å². The van der Waals surface area contributed by atoms with Crippen molar-refractivity contribution in [1.82, 2.24) is 0 Å². The molecule has 0 aliphatic carbocycles. The fraction of sp³-hybridized carbons (Fsp3) is 0.429. The van der Waals surface area contributed by atoms with Gasteiger partial charge in [0.05, 0.1) is 0 Å². The van der Waals surface area contributed by atoms with Crippen LogP contribution in [0.25, 0.3) is 0 Å². The molecule has 0 bridgehead atoms. The average molecular weight is 249 g/mol. The number of carbonyl (C=O) groups excluding carboxylic acids is 1. The Balaban J connectivity index is 2.91. The minimum Gasteiger partial charge on any atom is -0.480 e. The number of carboxylic acid groups (broad SMARTS) is 1. The van der Waals surface area contributed by atoms with Gasteiger partial charge in [0.1, 0.15) is 6.54 Å². The number of nitrogens with zero attached hydrogens (tertiary/aromatic N) is 1. The number of rotatable bonds is 7. The molecule has 0 atom stereocenters. The number of amides is 1. The number of carbonyl (C=O) groups is 2. The van der Waals surface area contributed by atoms with Crippen LogP contribution in [0.1, 0.15) is 25.8 Å². The van der Waals surface area contributed by atoms with Crippen molar-refractivity contribution in [2.45, 2.75) is 26.7 Å². The molecule has 0 radical (unpaired) electrons. The number of hydrogen-bond acceptors (Lipinski definition) is 2. The molecule has 0 heterocycles. The monoisotopic (exact) mass is 249 g/mol. The van der Waals surface area contributed by atoms with Crippen molar-refractivity contribution in [2.24, 2.45) is 5.92 Å². The van der Waals surface area contributed by atoms with Gasteiger partial charge in [0.2, 0.25) is 6.41 Å². The van der Waals surface area contributed by atoms with E-state index < -0.39 is 5.97 Å². The number of para-hydroxylation sites is 1. The Morgan fingerprint density at radius 2 is 2.06 bits per heavy atom. The van der Waals surface area contributed by atoms with Crippen molar-refractivity contribution in [3.63, 3.8) is 0 Å². The highest BCUT2D eigenvalue weighted by Crippen LogP contribution is 2.22. The highest BCUT2D eigenvalue weighted by molar-refractivity contribution is 5.85. The number of carboxylic acids is 1. The van der Waals surface area contributed by atoms with E-state index in [0.29, 0.717) is 18.0 Å². The predicted octanol–water partition coefficient (Wildman–Crippen LogP) is 2.32. The molecule has 0 aromatic heterocycles. The quantitative estimate of drug-likeness (QED) is 0.754. The third-order valence-corrected chi connectivity index (χ3v) is 2.72. The topological polar surface area (TPSA) is 57.6 Å².